The highest BCUT2D eigenvalue weighted by molar-refractivity contribution is 6.99. The average molecular weight is 401 g/mol. The summed E-state index contributed by atoms with van der Waals surface area (Å²) in [5, 5.41) is 1.98. The second-order valence-electron chi connectivity index (χ2n) is 8.50. The molecule has 0 unspecified atom stereocenters. The monoisotopic (exact) mass is 400 g/mol. The smallest absolute Gasteiger partial charge is 0.312 e. The number of carbonyl (C=O) groups excluding carboxylic acids is 1. The lowest BCUT2D eigenvalue weighted by Crippen LogP contribution is -2.67. The van der Waals surface area contributed by atoms with Gasteiger partial charge in [0.05, 0.1) is 19.1 Å². The second kappa shape index (κ2) is 7.80. The Hall–Kier alpha value is -1.98. The molecule has 0 heterocycles. The number of alkyl halides is 1. The third-order valence-electron chi connectivity index (χ3n) is 5.52. The van der Waals surface area contributed by atoms with Crippen molar-refractivity contribution in [1.29, 1.82) is 0 Å². The third-order valence-corrected chi connectivity index (χ3v) is 10.5. The number of hydrogen-bond acceptors (Lipinski definition) is 3. The van der Waals surface area contributed by atoms with E-state index in [4.69, 9.17) is 9.16 Å². The van der Waals surface area contributed by atoms with Gasteiger partial charge < -0.3 is 9.16 Å². The van der Waals surface area contributed by atoms with Crippen LogP contribution >= 0.6 is 0 Å². The molecule has 0 radical (unpaired) electrons. The Morgan fingerprint density at radius 1 is 1.07 bits per heavy atom. The quantitative estimate of drug-likeness (QED) is 0.523. The van der Waals surface area contributed by atoms with Crippen LogP contribution in [0.5, 0.6) is 0 Å². The maximum Gasteiger partial charge on any atom is 0.312 e. The first kappa shape index (κ1) is 20.7. The number of esters is 1. The van der Waals surface area contributed by atoms with Gasteiger partial charge >= 0.3 is 5.97 Å². The highest BCUT2D eigenvalue weighted by Crippen LogP contribution is 2.49. The van der Waals surface area contributed by atoms with Gasteiger partial charge in [-0.25, -0.2) is 4.39 Å². The zero-order chi connectivity index (χ0) is 20.4. The number of halogens is 1. The molecule has 0 amide bonds. The Kier molecular flexibility index (Phi) is 5.78. The molecule has 5 heteroatoms. The van der Waals surface area contributed by atoms with E-state index in [1.165, 1.54) is 0 Å². The molecule has 28 heavy (non-hydrogen) atoms. The second-order valence-corrected chi connectivity index (χ2v) is 12.8. The molecule has 1 fully saturated rings. The van der Waals surface area contributed by atoms with E-state index in [2.05, 4.69) is 45.0 Å². The number of carbonyl (C=O) groups is 1. The van der Waals surface area contributed by atoms with Crippen LogP contribution in [-0.2, 0) is 14.0 Å². The van der Waals surface area contributed by atoms with Gasteiger partial charge in [0, 0.05) is 6.42 Å². The van der Waals surface area contributed by atoms with Gasteiger partial charge in [-0.05, 0) is 22.3 Å². The standard InChI is InChI=1S/C23H29FO3Si/c1-5-26-21(25)20-16-23(20,24)17-27-28(22(2,3)4,18-12-8-6-9-13-18)19-14-10-7-11-15-19/h6-15,20H,5,16-17H2,1-4H3/t20-,23+/m0/s1. The van der Waals surface area contributed by atoms with Gasteiger partial charge in [0.1, 0.15) is 5.67 Å². The summed E-state index contributed by atoms with van der Waals surface area (Å²) < 4.78 is 26.9. The van der Waals surface area contributed by atoms with Crippen molar-refractivity contribution < 1.29 is 18.3 Å². The van der Waals surface area contributed by atoms with E-state index in [1.807, 2.05) is 36.4 Å². The van der Waals surface area contributed by atoms with Crippen molar-refractivity contribution in [2.24, 2.45) is 5.92 Å². The SMILES string of the molecule is CCOC(=O)[C@@H]1C[C@@]1(F)CO[Si](c1ccccc1)(c1ccccc1)C(C)(C)C. The van der Waals surface area contributed by atoms with Crippen molar-refractivity contribution >= 4 is 24.7 Å². The van der Waals surface area contributed by atoms with Gasteiger partial charge in [-0.3, -0.25) is 4.79 Å². The summed E-state index contributed by atoms with van der Waals surface area (Å²) in [6.45, 7) is 8.36. The highest BCUT2D eigenvalue weighted by Gasteiger charge is 2.63. The predicted octanol–water partition coefficient (Wildman–Crippen LogP) is 3.85. The van der Waals surface area contributed by atoms with Crippen molar-refractivity contribution in [3.05, 3.63) is 60.7 Å². The Labute approximate surface area is 168 Å². The number of benzene rings is 2. The molecule has 0 spiro atoms. The Balaban J connectivity index is 1.97. The molecule has 150 valence electrons. The molecule has 0 bridgehead atoms. The minimum absolute atomic E-state index is 0.0935. The first-order valence-electron chi connectivity index (χ1n) is 9.85. The molecule has 3 nitrogen and oxygen atoms in total. The van der Waals surface area contributed by atoms with Crippen LogP contribution in [0.4, 0.5) is 4.39 Å². The Bertz CT molecular complexity index is 764. The molecule has 3 rings (SSSR count). The van der Waals surface area contributed by atoms with Crippen LogP contribution in [0.1, 0.15) is 34.1 Å². The lowest BCUT2D eigenvalue weighted by molar-refractivity contribution is -0.146. The fourth-order valence-corrected chi connectivity index (χ4v) is 8.58. The minimum Gasteiger partial charge on any atom is -0.466 e. The fourth-order valence-electron chi connectivity index (χ4n) is 3.97. The zero-order valence-electron chi connectivity index (χ0n) is 17.1. The molecule has 1 aliphatic carbocycles. The molecular weight excluding hydrogens is 371 g/mol. The minimum atomic E-state index is -2.79. The van der Waals surface area contributed by atoms with Gasteiger partial charge in [0.25, 0.3) is 8.32 Å². The van der Waals surface area contributed by atoms with Crippen molar-refractivity contribution in [3.63, 3.8) is 0 Å². The molecule has 2 aromatic rings. The van der Waals surface area contributed by atoms with Crippen LogP contribution in [0.2, 0.25) is 5.04 Å². The summed E-state index contributed by atoms with van der Waals surface area (Å²) in [4.78, 5) is 12.0. The molecule has 2 aromatic carbocycles. The molecule has 0 aromatic heterocycles. The van der Waals surface area contributed by atoms with Gasteiger partial charge in [-0.15, -0.1) is 0 Å². The summed E-state index contributed by atoms with van der Waals surface area (Å²) >= 11 is 0. The van der Waals surface area contributed by atoms with Crippen LogP contribution in [0.3, 0.4) is 0 Å². The summed E-state index contributed by atoms with van der Waals surface area (Å²) in [6.07, 6.45) is 0.171. The number of rotatable bonds is 7. The molecule has 1 saturated carbocycles. The van der Waals surface area contributed by atoms with Crippen LogP contribution < -0.4 is 10.4 Å². The topological polar surface area (TPSA) is 35.5 Å². The highest BCUT2D eigenvalue weighted by atomic mass is 28.4. The third kappa shape index (κ3) is 3.78. The predicted molar refractivity (Wildman–Crippen MR) is 112 cm³/mol. The molecular formula is C23H29FO3Si. The summed E-state index contributed by atoms with van der Waals surface area (Å²) in [5.41, 5.74) is -1.64. The zero-order valence-corrected chi connectivity index (χ0v) is 18.1. The Morgan fingerprint density at radius 2 is 1.57 bits per heavy atom. The van der Waals surface area contributed by atoms with Crippen LogP contribution in [0, 0.1) is 5.92 Å². The maximum absolute atomic E-state index is 15.3. The first-order valence-corrected chi connectivity index (χ1v) is 11.8. The van der Waals surface area contributed by atoms with Crippen LogP contribution in [0.15, 0.2) is 60.7 Å². The van der Waals surface area contributed by atoms with Gasteiger partial charge in [0.15, 0.2) is 0 Å². The summed E-state index contributed by atoms with van der Waals surface area (Å²) in [6, 6.07) is 20.2. The van der Waals surface area contributed by atoms with E-state index in [9.17, 15) is 4.79 Å². The van der Waals surface area contributed by atoms with Crippen molar-refractivity contribution in [3.8, 4) is 0 Å². The van der Waals surface area contributed by atoms with Gasteiger partial charge in [0.2, 0.25) is 0 Å². The van der Waals surface area contributed by atoms with Crippen LogP contribution in [-0.4, -0.2) is 33.2 Å². The van der Waals surface area contributed by atoms with Crippen molar-refractivity contribution in [1.82, 2.24) is 0 Å². The molecule has 1 aliphatic rings. The first-order chi connectivity index (χ1) is 13.2. The molecule has 0 saturated heterocycles. The summed E-state index contributed by atoms with van der Waals surface area (Å²) in [7, 11) is -2.79. The maximum atomic E-state index is 15.3. The normalized spacial score (nSPS) is 22.0. The summed E-state index contributed by atoms with van der Waals surface area (Å²) in [5.74, 6) is -1.18. The van der Waals surface area contributed by atoms with E-state index in [0.29, 0.717) is 0 Å². The molecule has 2 atom stereocenters. The Morgan fingerprint density at radius 3 is 2.00 bits per heavy atom. The van der Waals surface area contributed by atoms with E-state index in [-0.39, 0.29) is 24.7 Å². The largest absolute Gasteiger partial charge is 0.466 e. The fraction of sp³-hybridized carbons (Fsp3) is 0.435. The van der Waals surface area contributed by atoms with Crippen molar-refractivity contribution in [2.75, 3.05) is 13.2 Å². The van der Waals surface area contributed by atoms with Crippen molar-refractivity contribution in [2.45, 2.75) is 44.8 Å². The lowest BCUT2D eigenvalue weighted by atomic mass is 10.2. The average Bonchev–Trinajstić information content (AvgIpc) is 3.35. The van der Waals surface area contributed by atoms with Gasteiger partial charge in [-0.2, -0.15) is 0 Å². The lowest BCUT2D eigenvalue weighted by Gasteiger charge is -2.43. The van der Waals surface area contributed by atoms with E-state index < -0.39 is 25.9 Å². The molecule has 0 aliphatic heterocycles. The number of hydrogen-bond donors (Lipinski definition) is 0. The van der Waals surface area contributed by atoms with E-state index >= 15 is 4.39 Å². The van der Waals surface area contributed by atoms with E-state index in [0.717, 1.165) is 10.4 Å². The van der Waals surface area contributed by atoms with Gasteiger partial charge in [-0.1, -0.05) is 81.4 Å². The number of ether oxygens (including phenoxy) is 1. The molecule has 0 N–H and O–H groups in total. The van der Waals surface area contributed by atoms with Crippen LogP contribution in [0.25, 0.3) is 0 Å². The van der Waals surface area contributed by atoms with E-state index in [1.54, 1.807) is 6.92 Å².